The van der Waals surface area contributed by atoms with Crippen molar-refractivity contribution < 1.29 is 4.39 Å². The Morgan fingerprint density at radius 3 is 2.21 bits per heavy atom. The normalized spacial score (nSPS) is 12.2. The van der Waals surface area contributed by atoms with E-state index in [-0.39, 0.29) is 0 Å². The van der Waals surface area contributed by atoms with Crippen LogP contribution in [0.15, 0.2) is 79.7 Å². The van der Waals surface area contributed by atoms with Crippen LogP contribution in [0.5, 0.6) is 0 Å². The van der Waals surface area contributed by atoms with Crippen LogP contribution in [0.2, 0.25) is 0 Å². The van der Waals surface area contributed by atoms with Crippen molar-refractivity contribution in [3.63, 3.8) is 0 Å². The van der Waals surface area contributed by atoms with Crippen LogP contribution >= 0.6 is 0 Å². The van der Waals surface area contributed by atoms with E-state index in [1.54, 1.807) is 6.92 Å². The Labute approximate surface area is 172 Å². The van der Waals surface area contributed by atoms with Crippen LogP contribution < -0.4 is 0 Å². The Morgan fingerprint density at radius 1 is 0.931 bits per heavy atom. The van der Waals surface area contributed by atoms with E-state index in [0.717, 1.165) is 41.5 Å². The molecule has 3 rings (SSSR count). The van der Waals surface area contributed by atoms with Gasteiger partial charge in [-0.2, -0.15) is 0 Å². The zero-order valence-corrected chi connectivity index (χ0v) is 16.9. The monoisotopic (exact) mass is 386 g/mol. The predicted molar refractivity (Wildman–Crippen MR) is 120 cm³/mol. The van der Waals surface area contributed by atoms with Crippen LogP contribution in [0.4, 0.5) is 4.39 Å². The van der Waals surface area contributed by atoms with Gasteiger partial charge in [-0.3, -0.25) is 0 Å². The SMILES string of the molecule is C=CCc1ccc(-c2cnc(-c3ccc(/C=C/CCCC(C)F)cc3)nc2)cc1. The van der Waals surface area contributed by atoms with Crippen molar-refractivity contribution in [2.45, 2.75) is 38.8 Å². The second kappa shape index (κ2) is 10.5. The Bertz CT molecular complexity index is 924. The smallest absolute Gasteiger partial charge is 0.159 e. The van der Waals surface area contributed by atoms with Gasteiger partial charge in [0.25, 0.3) is 0 Å². The zero-order chi connectivity index (χ0) is 20.5. The van der Waals surface area contributed by atoms with Gasteiger partial charge in [0.2, 0.25) is 0 Å². The van der Waals surface area contributed by atoms with Gasteiger partial charge in [0, 0.05) is 23.5 Å². The molecule has 0 saturated carbocycles. The number of hydrogen-bond donors (Lipinski definition) is 0. The van der Waals surface area contributed by atoms with Gasteiger partial charge in [-0.05, 0) is 49.3 Å². The van der Waals surface area contributed by atoms with E-state index in [1.807, 2.05) is 30.6 Å². The molecule has 1 aromatic heterocycles. The van der Waals surface area contributed by atoms with Crippen LogP contribution in [0, 0.1) is 0 Å². The molecule has 2 aromatic carbocycles. The Kier molecular flexibility index (Phi) is 7.46. The number of unbranched alkanes of at least 4 members (excludes halogenated alkanes) is 1. The van der Waals surface area contributed by atoms with Crippen molar-refractivity contribution in [2.75, 3.05) is 0 Å². The topological polar surface area (TPSA) is 25.8 Å². The summed E-state index contributed by atoms with van der Waals surface area (Å²) in [7, 11) is 0. The average Bonchev–Trinajstić information content (AvgIpc) is 2.75. The highest BCUT2D eigenvalue weighted by Crippen LogP contribution is 2.22. The molecular weight excluding hydrogens is 359 g/mol. The van der Waals surface area contributed by atoms with Gasteiger partial charge in [0.15, 0.2) is 5.82 Å². The van der Waals surface area contributed by atoms with Crippen LogP contribution in [-0.2, 0) is 6.42 Å². The fraction of sp³-hybridized carbons (Fsp3) is 0.231. The number of benzene rings is 2. The summed E-state index contributed by atoms with van der Waals surface area (Å²) in [4.78, 5) is 9.07. The molecule has 0 spiro atoms. The summed E-state index contributed by atoms with van der Waals surface area (Å²) in [6.45, 7) is 5.38. The van der Waals surface area contributed by atoms with E-state index in [9.17, 15) is 4.39 Å². The molecule has 1 unspecified atom stereocenters. The van der Waals surface area contributed by atoms with Gasteiger partial charge < -0.3 is 0 Å². The lowest BCUT2D eigenvalue weighted by Crippen LogP contribution is -1.90. The summed E-state index contributed by atoms with van der Waals surface area (Å²) in [5.74, 6) is 0.712. The first kappa shape index (κ1) is 20.7. The van der Waals surface area contributed by atoms with Gasteiger partial charge in [0.05, 0.1) is 6.17 Å². The van der Waals surface area contributed by atoms with Gasteiger partial charge in [-0.25, -0.2) is 14.4 Å². The summed E-state index contributed by atoms with van der Waals surface area (Å²) in [5.41, 5.74) is 5.46. The minimum atomic E-state index is -0.717. The number of rotatable bonds is 9. The minimum absolute atomic E-state index is 0.621. The molecule has 1 heterocycles. The number of hydrogen-bond acceptors (Lipinski definition) is 2. The second-order valence-electron chi connectivity index (χ2n) is 7.22. The molecule has 148 valence electrons. The van der Waals surface area contributed by atoms with Crippen molar-refractivity contribution >= 4 is 6.08 Å². The molecule has 0 fully saturated rings. The lowest BCUT2D eigenvalue weighted by Gasteiger charge is -2.05. The van der Waals surface area contributed by atoms with E-state index < -0.39 is 6.17 Å². The summed E-state index contributed by atoms with van der Waals surface area (Å²) in [5, 5.41) is 0. The summed E-state index contributed by atoms with van der Waals surface area (Å²) >= 11 is 0. The third kappa shape index (κ3) is 6.21. The lowest BCUT2D eigenvalue weighted by atomic mass is 10.1. The van der Waals surface area contributed by atoms with Crippen molar-refractivity contribution in [1.82, 2.24) is 9.97 Å². The molecule has 0 bridgehead atoms. The fourth-order valence-electron chi connectivity index (χ4n) is 3.11. The maximum atomic E-state index is 12.8. The molecular formula is C26H27FN2. The first-order valence-corrected chi connectivity index (χ1v) is 10.1. The third-order valence-corrected chi connectivity index (χ3v) is 4.77. The highest BCUT2D eigenvalue weighted by atomic mass is 19.1. The van der Waals surface area contributed by atoms with Crippen LogP contribution in [0.1, 0.15) is 37.3 Å². The zero-order valence-electron chi connectivity index (χ0n) is 16.9. The van der Waals surface area contributed by atoms with Gasteiger partial charge in [-0.15, -0.1) is 6.58 Å². The lowest BCUT2D eigenvalue weighted by molar-refractivity contribution is 0.335. The molecule has 0 amide bonds. The van der Waals surface area contributed by atoms with Crippen LogP contribution in [0.25, 0.3) is 28.6 Å². The number of aromatic nitrogens is 2. The number of halogens is 1. The van der Waals surface area contributed by atoms with Crippen molar-refractivity contribution in [3.05, 3.63) is 90.8 Å². The molecule has 0 aliphatic carbocycles. The molecule has 0 aliphatic heterocycles. The standard InChI is InChI=1S/C26H27FN2/c1-3-7-21-10-14-23(15-11-21)25-18-28-26(29-19-25)24-16-12-22(13-17-24)9-6-4-5-8-20(2)27/h3,6,9-20H,1,4-5,7-8H2,2H3/b9-6+. The van der Waals surface area contributed by atoms with Gasteiger partial charge >= 0.3 is 0 Å². The van der Waals surface area contributed by atoms with E-state index in [4.69, 9.17) is 0 Å². The molecule has 1 atom stereocenters. The third-order valence-electron chi connectivity index (χ3n) is 4.77. The predicted octanol–water partition coefficient (Wildman–Crippen LogP) is 7.08. The number of nitrogens with zero attached hydrogens (tertiary/aromatic N) is 2. The van der Waals surface area contributed by atoms with Crippen molar-refractivity contribution in [3.8, 4) is 22.5 Å². The highest BCUT2D eigenvalue weighted by Gasteiger charge is 2.04. The molecule has 29 heavy (non-hydrogen) atoms. The highest BCUT2D eigenvalue weighted by molar-refractivity contribution is 5.65. The molecule has 0 saturated heterocycles. The molecule has 0 N–H and O–H groups in total. The van der Waals surface area contributed by atoms with E-state index in [2.05, 4.69) is 65.1 Å². The summed E-state index contributed by atoms with van der Waals surface area (Å²) < 4.78 is 12.8. The molecule has 0 aliphatic rings. The molecule has 3 heteroatoms. The summed E-state index contributed by atoms with van der Waals surface area (Å²) in [6.07, 6.45) is 12.4. The first-order chi connectivity index (χ1) is 14.2. The van der Waals surface area contributed by atoms with Gasteiger partial charge in [-0.1, -0.05) is 66.8 Å². The van der Waals surface area contributed by atoms with Gasteiger partial charge in [0.1, 0.15) is 0 Å². The van der Waals surface area contributed by atoms with E-state index in [0.29, 0.717) is 12.2 Å². The van der Waals surface area contributed by atoms with E-state index in [1.165, 1.54) is 5.56 Å². The van der Waals surface area contributed by atoms with Crippen LogP contribution in [-0.4, -0.2) is 16.1 Å². The molecule has 3 aromatic rings. The Morgan fingerprint density at radius 2 is 1.59 bits per heavy atom. The second-order valence-corrected chi connectivity index (χ2v) is 7.22. The maximum Gasteiger partial charge on any atom is 0.159 e. The first-order valence-electron chi connectivity index (χ1n) is 10.1. The van der Waals surface area contributed by atoms with Crippen molar-refractivity contribution in [1.29, 1.82) is 0 Å². The Balaban J connectivity index is 1.62. The summed E-state index contributed by atoms with van der Waals surface area (Å²) in [6, 6.07) is 16.6. The Hall–Kier alpha value is -3.07. The minimum Gasteiger partial charge on any atom is -0.248 e. The quantitative estimate of drug-likeness (QED) is 0.290. The van der Waals surface area contributed by atoms with E-state index >= 15 is 0 Å². The maximum absolute atomic E-state index is 12.8. The molecule has 2 nitrogen and oxygen atoms in total. The van der Waals surface area contributed by atoms with Crippen molar-refractivity contribution in [2.24, 2.45) is 0 Å². The number of allylic oxidation sites excluding steroid dienone is 2. The number of alkyl halides is 1. The molecule has 0 radical (unpaired) electrons. The van der Waals surface area contributed by atoms with Crippen LogP contribution in [0.3, 0.4) is 0 Å². The average molecular weight is 387 g/mol. The largest absolute Gasteiger partial charge is 0.248 e. The fourth-order valence-corrected chi connectivity index (χ4v) is 3.11.